The second kappa shape index (κ2) is 7.85. The van der Waals surface area contributed by atoms with Crippen LogP contribution in [0.5, 0.6) is 0 Å². The van der Waals surface area contributed by atoms with Crippen LogP contribution in [0.15, 0.2) is 0 Å². The van der Waals surface area contributed by atoms with E-state index in [4.69, 9.17) is 0 Å². The van der Waals surface area contributed by atoms with Crippen LogP contribution in [-0.2, 0) is 0 Å². The third kappa shape index (κ3) is 3.60. The maximum Gasteiger partial charge on any atom is -0.0352 e. The number of hydrogen-bond donors (Lipinski definition) is 0. The first-order chi connectivity index (χ1) is 9.69. The molecule has 0 saturated heterocycles. The molecule has 118 valence electrons. The minimum absolute atomic E-state index is 0.899. The van der Waals surface area contributed by atoms with Gasteiger partial charge in [0.05, 0.1) is 0 Å². The predicted octanol–water partition coefficient (Wildman–Crippen LogP) is 6.69. The zero-order chi connectivity index (χ0) is 14.5. The number of fused-ring (bicyclic) bond motifs is 1. The summed E-state index contributed by atoms with van der Waals surface area (Å²) >= 11 is 0. The summed E-state index contributed by atoms with van der Waals surface area (Å²) in [7, 11) is 0. The fraction of sp³-hybridized carbons (Fsp3) is 1.00. The average molecular weight is 279 g/mol. The van der Waals surface area contributed by atoms with Gasteiger partial charge in [0.1, 0.15) is 0 Å². The van der Waals surface area contributed by atoms with Crippen LogP contribution in [0.3, 0.4) is 0 Å². The van der Waals surface area contributed by atoms with Crippen molar-refractivity contribution >= 4 is 0 Å². The molecule has 0 heterocycles. The highest BCUT2D eigenvalue weighted by Gasteiger charge is 2.41. The molecule has 0 amide bonds. The maximum atomic E-state index is 2.49. The summed E-state index contributed by atoms with van der Waals surface area (Å²) in [4.78, 5) is 0. The van der Waals surface area contributed by atoms with E-state index in [0.717, 1.165) is 35.5 Å². The molecule has 5 atom stereocenters. The molecule has 0 aromatic carbocycles. The molecule has 0 aromatic rings. The van der Waals surface area contributed by atoms with Crippen LogP contribution in [0, 0.1) is 35.5 Å². The molecule has 0 heteroatoms. The minimum Gasteiger partial charge on any atom is -0.0651 e. The normalized spacial score (nSPS) is 39.8. The molecule has 2 rings (SSSR count). The van der Waals surface area contributed by atoms with E-state index in [1.165, 1.54) is 51.4 Å². The highest BCUT2D eigenvalue weighted by molar-refractivity contribution is 4.90. The van der Waals surface area contributed by atoms with Crippen molar-refractivity contribution in [2.75, 3.05) is 0 Å². The van der Waals surface area contributed by atoms with Crippen LogP contribution in [-0.4, -0.2) is 0 Å². The minimum atomic E-state index is 0.899. The highest BCUT2D eigenvalue weighted by Crippen LogP contribution is 2.50. The van der Waals surface area contributed by atoms with E-state index in [0.29, 0.717) is 0 Å². The first kappa shape index (κ1) is 16.4. The van der Waals surface area contributed by atoms with Crippen LogP contribution < -0.4 is 0 Å². The number of rotatable bonds is 3. The summed E-state index contributed by atoms with van der Waals surface area (Å²) in [6.07, 6.45) is 15.0. The Hall–Kier alpha value is 0. The second-order valence-corrected chi connectivity index (χ2v) is 8.04. The quantitative estimate of drug-likeness (QED) is 0.539. The topological polar surface area (TPSA) is 0 Å². The van der Waals surface area contributed by atoms with Crippen molar-refractivity contribution in [1.29, 1.82) is 0 Å². The van der Waals surface area contributed by atoms with Gasteiger partial charge in [-0.1, -0.05) is 66.2 Å². The lowest BCUT2D eigenvalue weighted by atomic mass is 9.58. The summed E-state index contributed by atoms with van der Waals surface area (Å²) in [5, 5.41) is 0. The molecule has 2 aliphatic rings. The molecule has 0 aromatic heterocycles. The van der Waals surface area contributed by atoms with Crippen molar-refractivity contribution in [3.63, 3.8) is 0 Å². The van der Waals surface area contributed by atoms with E-state index in [9.17, 15) is 0 Å². The lowest BCUT2D eigenvalue weighted by Crippen LogP contribution is -2.39. The van der Waals surface area contributed by atoms with E-state index in [2.05, 4.69) is 27.7 Å². The molecule has 0 spiro atoms. The molecule has 0 N–H and O–H groups in total. The molecule has 2 aliphatic carbocycles. The predicted molar refractivity (Wildman–Crippen MR) is 89.8 cm³/mol. The Balaban J connectivity index is 2.19. The van der Waals surface area contributed by atoms with E-state index in [1.54, 1.807) is 12.8 Å². The summed E-state index contributed by atoms with van der Waals surface area (Å²) in [6, 6.07) is 0. The molecule has 0 bridgehead atoms. The molecular weight excluding hydrogens is 240 g/mol. The summed E-state index contributed by atoms with van der Waals surface area (Å²) in [5.74, 6) is 6.11. The Kier molecular flexibility index (Phi) is 6.43. The first-order valence-corrected chi connectivity index (χ1v) is 9.69. The standard InChI is InChI=1S/C20H38/c1-5-16-13-14-20-18(15(3)4)11-9-7-8-10-12-19(20)17(16)6-2/h15-20H,5-14H2,1-4H3. The second-order valence-electron chi connectivity index (χ2n) is 8.04. The molecule has 20 heavy (non-hydrogen) atoms. The van der Waals surface area contributed by atoms with E-state index < -0.39 is 0 Å². The molecule has 2 fully saturated rings. The average Bonchev–Trinajstić information content (AvgIpc) is 2.55. The smallest absolute Gasteiger partial charge is 0.0352 e. The van der Waals surface area contributed by atoms with Gasteiger partial charge in [-0.15, -0.1) is 0 Å². The largest absolute Gasteiger partial charge is 0.0651 e. The van der Waals surface area contributed by atoms with E-state index in [1.807, 2.05) is 0 Å². The lowest BCUT2D eigenvalue weighted by Gasteiger charge is -2.47. The van der Waals surface area contributed by atoms with Crippen LogP contribution in [0.4, 0.5) is 0 Å². The number of hydrogen-bond acceptors (Lipinski definition) is 0. The van der Waals surface area contributed by atoms with Gasteiger partial charge in [-0.25, -0.2) is 0 Å². The zero-order valence-corrected chi connectivity index (χ0v) is 14.5. The zero-order valence-electron chi connectivity index (χ0n) is 14.5. The molecule has 2 saturated carbocycles. The maximum absolute atomic E-state index is 2.49. The van der Waals surface area contributed by atoms with Gasteiger partial charge in [0.15, 0.2) is 0 Å². The monoisotopic (exact) mass is 278 g/mol. The Bertz CT molecular complexity index is 267. The summed E-state index contributed by atoms with van der Waals surface area (Å²) in [5.41, 5.74) is 0. The van der Waals surface area contributed by atoms with Gasteiger partial charge in [-0.05, 0) is 61.2 Å². The fourth-order valence-electron chi connectivity index (χ4n) is 5.76. The van der Waals surface area contributed by atoms with Crippen LogP contribution in [0.25, 0.3) is 0 Å². The van der Waals surface area contributed by atoms with E-state index in [-0.39, 0.29) is 0 Å². The van der Waals surface area contributed by atoms with Crippen LogP contribution in [0.2, 0.25) is 0 Å². The van der Waals surface area contributed by atoms with Crippen molar-refractivity contribution in [3.05, 3.63) is 0 Å². The Morgan fingerprint density at radius 1 is 0.750 bits per heavy atom. The molecule has 0 radical (unpaired) electrons. The van der Waals surface area contributed by atoms with Crippen molar-refractivity contribution in [2.24, 2.45) is 35.5 Å². The summed E-state index contributed by atoms with van der Waals surface area (Å²) < 4.78 is 0. The van der Waals surface area contributed by atoms with Crippen LogP contribution >= 0.6 is 0 Å². The van der Waals surface area contributed by atoms with Crippen molar-refractivity contribution in [3.8, 4) is 0 Å². The Morgan fingerprint density at radius 3 is 2.05 bits per heavy atom. The van der Waals surface area contributed by atoms with Gasteiger partial charge >= 0.3 is 0 Å². The SMILES string of the molecule is CCC1CCC2C(C(C)C)CCCCCCC2C1CC. The van der Waals surface area contributed by atoms with Gasteiger partial charge in [0, 0.05) is 0 Å². The summed E-state index contributed by atoms with van der Waals surface area (Å²) in [6.45, 7) is 9.88. The van der Waals surface area contributed by atoms with Gasteiger partial charge in [0.25, 0.3) is 0 Å². The van der Waals surface area contributed by atoms with E-state index >= 15 is 0 Å². The fourth-order valence-corrected chi connectivity index (χ4v) is 5.76. The van der Waals surface area contributed by atoms with Gasteiger partial charge in [-0.3, -0.25) is 0 Å². The first-order valence-electron chi connectivity index (χ1n) is 9.69. The third-order valence-electron chi connectivity index (χ3n) is 6.80. The Morgan fingerprint density at radius 2 is 1.45 bits per heavy atom. The van der Waals surface area contributed by atoms with Gasteiger partial charge in [-0.2, -0.15) is 0 Å². The van der Waals surface area contributed by atoms with Crippen molar-refractivity contribution in [2.45, 2.75) is 91.9 Å². The van der Waals surface area contributed by atoms with Crippen LogP contribution in [0.1, 0.15) is 91.9 Å². The Labute approximate surface area is 128 Å². The lowest BCUT2D eigenvalue weighted by molar-refractivity contribution is 0.0251. The molecule has 0 nitrogen and oxygen atoms in total. The van der Waals surface area contributed by atoms with Crippen molar-refractivity contribution in [1.82, 2.24) is 0 Å². The van der Waals surface area contributed by atoms with Gasteiger partial charge in [0.2, 0.25) is 0 Å². The molecule has 0 aliphatic heterocycles. The molecular formula is C20H38. The van der Waals surface area contributed by atoms with Crippen molar-refractivity contribution < 1.29 is 0 Å². The van der Waals surface area contributed by atoms with Gasteiger partial charge < -0.3 is 0 Å². The molecule has 5 unspecified atom stereocenters. The third-order valence-corrected chi connectivity index (χ3v) is 6.80. The highest BCUT2D eigenvalue weighted by atomic mass is 14.5.